The van der Waals surface area contributed by atoms with E-state index in [0.717, 1.165) is 59.3 Å². The molecule has 0 spiro atoms. The molecule has 1 atom stereocenters. The molecule has 0 radical (unpaired) electrons. The van der Waals surface area contributed by atoms with Gasteiger partial charge in [0.2, 0.25) is 5.88 Å². The summed E-state index contributed by atoms with van der Waals surface area (Å²) in [6.07, 6.45) is 2.83. The van der Waals surface area contributed by atoms with Crippen LogP contribution in [0.2, 0.25) is 0 Å². The zero-order valence-electron chi connectivity index (χ0n) is 23.9. The molecule has 1 N–H and O–H groups in total. The number of aromatic nitrogens is 1. The number of nitrogens with zero attached hydrogens (tertiary/aromatic N) is 6. The lowest BCUT2D eigenvalue weighted by molar-refractivity contribution is -0.128. The lowest BCUT2D eigenvalue weighted by Gasteiger charge is -2.39. The van der Waals surface area contributed by atoms with Crippen LogP contribution in [0.25, 0.3) is 10.8 Å². The molecule has 3 aliphatic rings. The summed E-state index contributed by atoms with van der Waals surface area (Å²) in [6.45, 7) is 7.49. The highest BCUT2D eigenvalue weighted by molar-refractivity contribution is 5.95. The van der Waals surface area contributed by atoms with Crippen molar-refractivity contribution < 1.29 is 19.0 Å². The average Bonchev–Trinajstić information content (AvgIpc) is 3.42. The van der Waals surface area contributed by atoms with E-state index in [1.165, 1.54) is 4.90 Å². The molecule has 1 aromatic heterocycles. The van der Waals surface area contributed by atoms with E-state index in [1.54, 1.807) is 12.1 Å². The molecule has 0 aliphatic carbocycles. The van der Waals surface area contributed by atoms with Crippen molar-refractivity contribution in [2.45, 2.75) is 31.8 Å². The summed E-state index contributed by atoms with van der Waals surface area (Å²) in [5.41, 5.74) is 4.15. The van der Waals surface area contributed by atoms with Gasteiger partial charge in [-0.3, -0.25) is 4.79 Å². The number of piperazine rings is 1. The molecular formula is C32H35FN6O3. The van der Waals surface area contributed by atoms with Gasteiger partial charge in [0.15, 0.2) is 5.83 Å². The third-order valence-corrected chi connectivity index (χ3v) is 8.79. The average molecular weight is 571 g/mol. The number of amides is 1. The van der Waals surface area contributed by atoms with Gasteiger partial charge in [-0.1, -0.05) is 18.7 Å². The number of phenolic OH excluding ortho intramolecular Hbond substituents is 1. The third-order valence-electron chi connectivity index (χ3n) is 8.79. The van der Waals surface area contributed by atoms with Crippen LogP contribution in [0, 0.1) is 11.3 Å². The molecule has 42 heavy (non-hydrogen) atoms. The first kappa shape index (κ1) is 27.8. The molecule has 218 valence electrons. The summed E-state index contributed by atoms with van der Waals surface area (Å²) in [4.78, 5) is 25.3. The van der Waals surface area contributed by atoms with Crippen molar-refractivity contribution in [2.75, 3.05) is 62.7 Å². The van der Waals surface area contributed by atoms with E-state index < -0.39 is 11.7 Å². The summed E-state index contributed by atoms with van der Waals surface area (Å²) >= 11 is 0. The number of phenols is 1. The van der Waals surface area contributed by atoms with Crippen LogP contribution in [-0.2, 0) is 17.8 Å². The van der Waals surface area contributed by atoms with Crippen molar-refractivity contribution in [3.8, 4) is 17.7 Å². The number of fused-ring (bicyclic) bond motifs is 2. The summed E-state index contributed by atoms with van der Waals surface area (Å²) in [6, 6.07) is 14.1. The number of aromatic hydroxyl groups is 1. The fourth-order valence-electron chi connectivity index (χ4n) is 6.49. The van der Waals surface area contributed by atoms with E-state index >= 15 is 0 Å². The predicted molar refractivity (Wildman–Crippen MR) is 160 cm³/mol. The Morgan fingerprint density at radius 1 is 1.17 bits per heavy atom. The predicted octanol–water partition coefficient (Wildman–Crippen LogP) is 3.98. The number of halogens is 1. The van der Waals surface area contributed by atoms with Gasteiger partial charge in [0, 0.05) is 55.4 Å². The van der Waals surface area contributed by atoms with Gasteiger partial charge in [0.05, 0.1) is 17.9 Å². The van der Waals surface area contributed by atoms with Crippen molar-refractivity contribution in [1.82, 2.24) is 14.8 Å². The maximum absolute atomic E-state index is 13.5. The van der Waals surface area contributed by atoms with Gasteiger partial charge < -0.3 is 29.4 Å². The summed E-state index contributed by atoms with van der Waals surface area (Å²) in [5, 5.41) is 22.4. The Kier molecular flexibility index (Phi) is 7.60. The van der Waals surface area contributed by atoms with Crippen LogP contribution < -0.4 is 14.5 Å². The van der Waals surface area contributed by atoms with Crippen LogP contribution in [0.4, 0.5) is 15.8 Å². The van der Waals surface area contributed by atoms with E-state index in [4.69, 9.17) is 9.72 Å². The molecule has 2 aromatic carbocycles. The minimum Gasteiger partial charge on any atom is -0.508 e. The summed E-state index contributed by atoms with van der Waals surface area (Å²) in [5.74, 6) is -1.08. The Balaban J connectivity index is 1.36. The minimum atomic E-state index is -0.959. The molecule has 3 aromatic rings. The van der Waals surface area contributed by atoms with Crippen molar-refractivity contribution in [2.24, 2.45) is 0 Å². The Morgan fingerprint density at radius 3 is 2.69 bits per heavy atom. The molecule has 2 saturated heterocycles. The quantitative estimate of drug-likeness (QED) is 0.445. The Bertz CT molecular complexity index is 1580. The zero-order valence-corrected chi connectivity index (χ0v) is 23.9. The number of carbonyl (C=O) groups excluding carboxylic acids is 1. The van der Waals surface area contributed by atoms with Gasteiger partial charge >= 0.3 is 0 Å². The number of carbonyl (C=O) groups is 1. The zero-order chi connectivity index (χ0) is 29.4. The van der Waals surface area contributed by atoms with E-state index in [0.29, 0.717) is 57.2 Å². The van der Waals surface area contributed by atoms with Gasteiger partial charge in [-0.25, -0.2) is 9.37 Å². The molecule has 0 bridgehead atoms. The van der Waals surface area contributed by atoms with E-state index in [1.807, 2.05) is 18.2 Å². The minimum absolute atomic E-state index is 0.228. The highest BCUT2D eigenvalue weighted by Crippen LogP contribution is 2.39. The molecule has 9 nitrogen and oxygen atoms in total. The van der Waals surface area contributed by atoms with Gasteiger partial charge in [-0.2, -0.15) is 5.26 Å². The normalized spacial score (nSPS) is 19.1. The molecule has 0 unspecified atom stereocenters. The third kappa shape index (κ3) is 5.21. The molecule has 2 fully saturated rings. The second kappa shape index (κ2) is 11.5. The van der Waals surface area contributed by atoms with Crippen molar-refractivity contribution in [1.29, 1.82) is 5.26 Å². The highest BCUT2D eigenvalue weighted by Gasteiger charge is 2.32. The molecule has 6 rings (SSSR count). The fourth-order valence-corrected chi connectivity index (χ4v) is 6.49. The molecule has 3 aliphatic heterocycles. The lowest BCUT2D eigenvalue weighted by Crippen LogP contribution is -2.49. The van der Waals surface area contributed by atoms with E-state index in [-0.39, 0.29) is 11.8 Å². The van der Waals surface area contributed by atoms with E-state index in [9.17, 15) is 19.6 Å². The van der Waals surface area contributed by atoms with Crippen LogP contribution in [0.15, 0.2) is 48.8 Å². The number of ether oxygens (including phenoxy) is 1. The topological polar surface area (TPSA) is 96.2 Å². The largest absolute Gasteiger partial charge is 0.508 e. The first-order chi connectivity index (χ1) is 20.3. The van der Waals surface area contributed by atoms with Gasteiger partial charge in [-0.05, 0) is 62.5 Å². The van der Waals surface area contributed by atoms with Crippen LogP contribution in [0.1, 0.15) is 29.7 Å². The van der Waals surface area contributed by atoms with Crippen LogP contribution >= 0.6 is 0 Å². The Morgan fingerprint density at radius 2 is 1.98 bits per heavy atom. The number of likely N-dealkylation sites (tertiary alicyclic amines) is 1. The van der Waals surface area contributed by atoms with Crippen molar-refractivity contribution in [3.63, 3.8) is 0 Å². The van der Waals surface area contributed by atoms with Gasteiger partial charge in [0.1, 0.15) is 24.0 Å². The highest BCUT2D eigenvalue weighted by atomic mass is 19.1. The summed E-state index contributed by atoms with van der Waals surface area (Å²) < 4.78 is 19.9. The SMILES string of the molecule is C=C(F)C(=O)N1CCN(c2c(C#N)c(OC[C@@H]3CCCN3C)nc3c2CCN(c2cccc4cc(O)ccc24)C3)CC1. The van der Waals surface area contributed by atoms with Crippen LogP contribution in [-0.4, -0.2) is 84.8 Å². The number of nitriles is 1. The number of hydrogen-bond acceptors (Lipinski definition) is 8. The number of anilines is 2. The molecule has 1 amide bonds. The van der Waals surface area contributed by atoms with Crippen LogP contribution in [0.3, 0.4) is 0 Å². The first-order valence-electron chi connectivity index (χ1n) is 14.5. The monoisotopic (exact) mass is 570 g/mol. The summed E-state index contributed by atoms with van der Waals surface area (Å²) in [7, 11) is 2.09. The number of benzene rings is 2. The number of hydrogen-bond donors (Lipinski definition) is 1. The number of pyridine rings is 1. The van der Waals surface area contributed by atoms with Gasteiger partial charge in [0.25, 0.3) is 5.91 Å². The molecule has 4 heterocycles. The van der Waals surface area contributed by atoms with E-state index in [2.05, 4.69) is 40.5 Å². The first-order valence-corrected chi connectivity index (χ1v) is 14.5. The molecule has 10 heteroatoms. The van der Waals surface area contributed by atoms with Gasteiger partial charge in [-0.15, -0.1) is 0 Å². The smallest absolute Gasteiger partial charge is 0.282 e. The maximum atomic E-state index is 13.5. The fraction of sp³-hybridized carbons (Fsp3) is 0.406. The lowest BCUT2D eigenvalue weighted by atomic mass is 9.97. The molecule has 0 saturated carbocycles. The van der Waals surface area contributed by atoms with Crippen molar-refractivity contribution in [3.05, 3.63) is 65.6 Å². The molecular weight excluding hydrogens is 535 g/mol. The maximum Gasteiger partial charge on any atom is 0.282 e. The number of likely N-dealkylation sites (N-methyl/N-ethyl adjacent to an activating group) is 1. The Hall–Kier alpha value is -4.36. The second-order valence-electron chi connectivity index (χ2n) is 11.3. The Labute approximate surface area is 245 Å². The second-order valence-corrected chi connectivity index (χ2v) is 11.3. The van der Waals surface area contributed by atoms with Crippen LogP contribution in [0.5, 0.6) is 11.6 Å². The number of rotatable bonds is 6. The van der Waals surface area contributed by atoms with Crippen molar-refractivity contribution >= 4 is 28.1 Å². The standard InChI is InChI=1S/C32H35FN6O3/c1-21(33)32(41)38-15-13-37(14-16-38)30-26-10-12-39(29-7-3-5-22-17-24(40)8-9-25(22)29)19-28(26)35-31(27(30)18-34)42-20-23-6-4-11-36(23)2/h3,5,7-9,17,23,40H,1,4,6,10-16,19-20H2,2H3/t23-/m0/s1.